The van der Waals surface area contributed by atoms with E-state index >= 15 is 0 Å². The number of nitrogens with one attached hydrogen (secondary N) is 1. The normalized spacial score (nSPS) is 16.6. The van der Waals surface area contributed by atoms with E-state index in [-0.39, 0.29) is 18.5 Å². The minimum absolute atomic E-state index is 0.282. The highest BCUT2D eigenvalue weighted by Crippen LogP contribution is 2.21. The molecule has 1 fully saturated rings. The molecule has 0 atom stereocenters. The van der Waals surface area contributed by atoms with Crippen LogP contribution in [0.15, 0.2) is 48.2 Å². The molecule has 3 amide bonds. The van der Waals surface area contributed by atoms with Crippen LogP contribution in [0.2, 0.25) is 0 Å². The summed E-state index contributed by atoms with van der Waals surface area (Å²) < 4.78 is 0. The highest BCUT2D eigenvalue weighted by Gasteiger charge is 2.33. The average molecular weight is 298 g/mol. The molecule has 1 aliphatic heterocycles. The standard InChI is InChI=1S/C16H14N2O2S/c1-11-7-8-13(21-11)9-14-15(19)18(16(20)17-14)10-12-5-3-2-4-6-12/h2-9H,10H2,1H3,(H,17,20). The van der Waals surface area contributed by atoms with E-state index in [0.29, 0.717) is 5.70 Å². The van der Waals surface area contributed by atoms with Crippen LogP contribution in [0.25, 0.3) is 6.08 Å². The number of hydrogen-bond acceptors (Lipinski definition) is 3. The van der Waals surface area contributed by atoms with E-state index in [1.807, 2.05) is 49.4 Å². The molecule has 21 heavy (non-hydrogen) atoms. The zero-order valence-corrected chi connectivity index (χ0v) is 12.3. The lowest BCUT2D eigenvalue weighted by Crippen LogP contribution is -2.30. The van der Waals surface area contributed by atoms with Gasteiger partial charge in [-0.1, -0.05) is 30.3 Å². The quantitative estimate of drug-likeness (QED) is 0.699. The molecule has 0 bridgehead atoms. The first kappa shape index (κ1) is 13.6. The van der Waals surface area contributed by atoms with Crippen LogP contribution in [0.4, 0.5) is 4.79 Å². The van der Waals surface area contributed by atoms with Crippen molar-refractivity contribution in [2.24, 2.45) is 0 Å². The monoisotopic (exact) mass is 298 g/mol. The molecule has 4 nitrogen and oxygen atoms in total. The number of carbonyl (C=O) groups is 2. The smallest absolute Gasteiger partial charge is 0.303 e. The summed E-state index contributed by atoms with van der Waals surface area (Å²) in [5.74, 6) is -0.282. The SMILES string of the molecule is Cc1ccc(C=C2NC(=O)N(Cc3ccccc3)C2=O)s1. The Morgan fingerprint density at radius 1 is 1.14 bits per heavy atom. The van der Waals surface area contributed by atoms with Crippen molar-refractivity contribution in [3.8, 4) is 0 Å². The third kappa shape index (κ3) is 2.87. The molecule has 1 aromatic carbocycles. The Hall–Kier alpha value is -2.40. The predicted molar refractivity (Wildman–Crippen MR) is 82.6 cm³/mol. The van der Waals surface area contributed by atoms with Gasteiger partial charge in [-0.3, -0.25) is 9.69 Å². The summed E-state index contributed by atoms with van der Waals surface area (Å²) in [6.07, 6.45) is 1.73. The summed E-state index contributed by atoms with van der Waals surface area (Å²) in [5, 5.41) is 2.64. The molecule has 1 saturated heterocycles. The lowest BCUT2D eigenvalue weighted by Gasteiger charge is -2.11. The highest BCUT2D eigenvalue weighted by molar-refractivity contribution is 7.12. The number of aryl methyl sites for hydroxylation is 1. The topological polar surface area (TPSA) is 49.4 Å². The fourth-order valence-corrected chi connectivity index (χ4v) is 2.98. The summed E-state index contributed by atoms with van der Waals surface area (Å²) in [7, 11) is 0. The number of rotatable bonds is 3. The number of urea groups is 1. The summed E-state index contributed by atoms with van der Waals surface area (Å²) in [6.45, 7) is 2.29. The number of thiophene rings is 1. The highest BCUT2D eigenvalue weighted by atomic mass is 32.1. The van der Waals surface area contributed by atoms with Gasteiger partial charge in [0.05, 0.1) is 6.54 Å². The molecule has 2 heterocycles. The average Bonchev–Trinajstić information content (AvgIpc) is 2.99. The Labute approximate surface area is 126 Å². The molecule has 2 aromatic rings. The van der Waals surface area contributed by atoms with Gasteiger partial charge in [-0.15, -0.1) is 11.3 Å². The van der Waals surface area contributed by atoms with Crippen LogP contribution in [0, 0.1) is 6.92 Å². The van der Waals surface area contributed by atoms with Gasteiger partial charge in [0, 0.05) is 9.75 Å². The Morgan fingerprint density at radius 3 is 2.57 bits per heavy atom. The Morgan fingerprint density at radius 2 is 1.90 bits per heavy atom. The minimum Gasteiger partial charge on any atom is -0.303 e. The summed E-state index contributed by atoms with van der Waals surface area (Å²) in [4.78, 5) is 27.6. The summed E-state index contributed by atoms with van der Waals surface area (Å²) in [5.41, 5.74) is 1.26. The van der Waals surface area contributed by atoms with Gasteiger partial charge in [0.2, 0.25) is 0 Å². The largest absolute Gasteiger partial charge is 0.329 e. The lowest BCUT2D eigenvalue weighted by atomic mass is 10.2. The van der Waals surface area contributed by atoms with Crippen LogP contribution in [0.3, 0.4) is 0 Å². The third-order valence-corrected chi connectivity index (χ3v) is 4.14. The van der Waals surface area contributed by atoms with E-state index in [0.717, 1.165) is 10.4 Å². The van der Waals surface area contributed by atoms with Crippen molar-refractivity contribution in [2.45, 2.75) is 13.5 Å². The lowest BCUT2D eigenvalue weighted by molar-refractivity contribution is -0.123. The zero-order valence-electron chi connectivity index (χ0n) is 11.5. The fourth-order valence-electron chi connectivity index (χ4n) is 2.15. The van der Waals surface area contributed by atoms with Gasteiger partial charge >= 0.3 is 6.03 Å². The second kappa shape index (κ2) is 5.54. The van der Waals surface area contributed by atoms with E-state index in [2.05, 4.69) is 5.32 Å². The predicted octanol–water partition coefficient (Wildman–Crippen LogP) is 3.15. The molecule has 106 valence electrons. The van der Waals surface area contributed by atoms with Gasteiger partial charge in [0.15, 0.2) is 0 Å². The van der Waals surface area contributed by atoms with Gasteiger partial charge in [-0.05, 0) is 30.7 Å². The van der Waals surface area contributed by atoms with Crippen molar-refractivity contribution in [1.82, 2.24) is 10.2 Å². The molecule has 1 aliphatic rings. The van der Waals surface area contributed by atoms with Crippen molar-refractivity contribution in [3.05, 3.63) is 63.5 Å². The molecular weight excluding hydrogens is 284 g/mol. The number of carbonyl (C=O) groups excluding carboxylic acids is 2. The van der Waals surface area contributed by atoms with Crippen LogP contribution in [0.1, 0.15) is 15.3 Å². The molecule has 0 radical (unpaired) electrons. The minimum atomic E-state index is -0.372. The van der Waals surface area contributed by atoms with E-state index in [9.17, 15) is 9.59 Å². The van der Waals surface area contributed by atoms with E-state index < -0.39 is 0 Å². The van der Waals surface area contributed by atoms with Crippen LogP contribution >= 0.6 is 11.3 Å². The van der Waals surface area contributed by atoms with Crippen LogP contribution in [-0.4, -0.2) is 16.8 Å². The number of hydrogen-bond donors (Lipinski definition) is 1. The molecular formula is C16H14N2O2S. The maximum Gasteiger partial charge on any atom is 0.329 e. The molecule has 1 aromatic heterocycles. The first-order valence-electron chi connectivity index (χ1n) is 6.58. The van der Waals surface area contributed by atoms with Crippen molar-refractivity contribution in [1.29, 1.82) is 0 Å². The van der Waals surface area contributed by atoms with Crippen molar-refractivity contribution < 1.29 is 9.59 Å². The van der Waals surface area contributed by atoms with Crippen LogP contribution in [-0.2, 0) is 11.3 Å². The molecule has 0 saturated carbocycles. The molecule has 0 spiro atoms. The molecule has 0 aliphatic carbocycles. The maximum atomic E-state index is 12.3. The first-order valence-corrected chi connectivity index (χ1v) is 7.40. The van der Waals surface area contributed by atoms with Crippen molar-refractivity contribution >= 4 is 29.4 Å². The second-order valence-corrected chi connectivity index (χ2v) is 6.13. The van der Waals surface area contributed by atoms with Gasteiger partial charge in [-0.2, -0.15) is 0 Å². The van der Waals surface area contributed by atoms with Crippen LogP contribution in [0.5, 0.6) is 0 Å². The van der Waals surface area contributed by atoms with E-state index in [1.165, 1.54) is 9.78 Å². The van der Waals surface area contributed by atoms with E-state index in [1.54, 1.807) is 17.4 Å². The van der Waals surface area contributed by atoms with Gasteiger partial charge in [-0.25, -0.2) is 4.79 Å². The van der Waals surface area contributed by atoms with Crippen molar-refractivity contribution in [2.75, 3.05) is 0 Å². The van der Waals surface area contributed by atoms with Crippen LogP contribution < -0.4 is 5.32 Å². The molecule has 1 N–H and O–H groups in total. The number of imide groups is 1. The van der Waals surface area contributed by atoms with Gasteiger partial charge in [0.1, 0.15) is 5.70 Å². The van der Waals surface area contributed by atoms with Gasteiger partial charge < -0.3 is 5.32 Å². The van der Waals surface area contributed by atoms with E-state index in [4.69, 9.17) is 0 Å². The Bertz CT molecular complexity index is 719. The fraction of sp³-hybridized carbons (Fsp3) is 0.125. The number of amides is 3. The van der Waals surface area contributed by atoms with Crippen molar-refractivity contribution in [3.63, 3.8) is 0 Å². The van der Waals surface area contributed by atoms with Gasteiger partial charge in [0.25, 0.3) is 5.91 Å². The maximum absolute atomic E-state index is 12.3. The number of nitrogens with zero attached hydrogens (tertiary/aromatic N) is 1. The number of benzene rings is 1. The Balaban J connectivity index is 1.81. The zero-order chi connectivity index (χ0) is 14.8. The summed E-state index contributed by atoms with van der Waals surface area (Å²) in [6, 6.07) is 13.0. The first-order chi connectivity index (χ1) is 10.1. The third-order valence-electron chi connectivity index (χ3n) is 3.19. The molecule has 0 unspecified atom stereocenters. The summed E-state index contributed by atoms with van der Waals surface area (Å²) >= 11 is 1.58. The second-order valence-electron chi connectivity index (χ2n) is 4.81. The Kier molecular flexibility index (Phi) is 3.58. The molecule has 5 heteroatoms. The molecule has 3 rings (SSSR count).